The van der Waals surface area contributed by atoms with Gasteiger partial charge in [0.05, 0.1) is 5.97 Å². The largest absolute Gasteiger partial charge is 0.545 e. The molecule has 22 heavy (non-hydrogen) atoms. The van der Waals surface area contributed by atoms with Crippen LogP contribution in [0.3, 0.4) is 0 Å². The Balaban J connectivity index is 2.01. The summed E-state index contributed by atoms with van der Waals surface area (Å²) in [7, 11) is 0. The van der Waals surface area contributed by atoms with Gasteiger partial charge in [0.15, 0.2) is 5.11 Å². The lowest BCUT2D eigenvalue weighted by molar-refractivity contribution is -0.255. The van der Waals surface area contributed by atoms with Gasteiger partial charge in [-0.25, -0.2) is 0 Å². The van der Waals surface area contributed by atoms with Crippen LogP contribution in [0.25, 0.3) is 0 Å². The number of rotatable bonds is 3. The van der Waals surface area contributed by atoms with Gasteiger partial charge in [-0.2, -0.15) is 0 Å². The molecular weight excluding hydrogens is 368 g/mol. The van der Waals surface area contributed by atoms with E-state index < -0.39 is 5.97 Å². The molecule has 2 aromatic carbocycles. The summed E-state index contributed by atoms with van der Waals surface area (Å²) in [5.74, 6) is -1.64. The van der Waals surface area contributed by atoms with Crippen LogP contribution in [0.2, 0.25) is 0 Å². The van der Waals surface area contributed by atoms with Crippen molar-refractivity contribution in [1.29, 1.82) is 0 Å². The van der Waals surface area contributed by atoms with Gasteiger partial charge in [0, 0.05) is 15.7 Å². The molecule has 0 bridgehead atoms. The Morgan fingerprint density at radius 2 is 1.73 bits per heavy atom. The number of anilines is 1. The van der Waals surface area contributed by atoms with E-state index in [1.807, 2.05) is 0 Å². The number of thiocarbonyl (C=S) groups is 1. The number of amides is 1. The third kappa shape index (κ3) is 4.37. The molecule has 2 aromatic rings. The SMILES string of the molecule is O=C([O-])c1cccc(NC(=S)NC(=O)c2ccc(Br)cc2)c1. The molecule has 0 saturated carbocycles. The van der Waals surface area contributed by atoms with Gasteiger partial charge in [-0.15, -0.1) is 0 Å². The van der Waals surface area contributed by atoms with Crippen LogP contribution in [-0.4, -0.2) is 17.0 Å². The third-order valence-corrected chi connectivity index (χ3v) is 3.42. The molecular formula is C15H10BrN2O3S-. The fourth-order valence-corrected chi connectivity index (χ4v) is 2.14. The predicted molar refractivity (Wildman–Crippen MR) is 88.6 cm³/mol. The highest BCUT2D eigenvalue weighted by molar-refractivity contribution is 9.10. The van der Waals surface area contributed by atoms with E-state index in [0.29, 0.717) is 11.3 Å². The molecule has 0 heterocycles. The molecule has 5 nitrogen and oxygen atoms in total. The Kier molecular flexibility index (Phi) is 5.24. The minimum Gasteiger partial charge on any atom is -0.545 e. The maximum absolute atomic E-state index is 12.0. The van der Waals surface area contributed by atoms with Crippen LogP contribution in [0.15, 0.2) is 53.0 Å². The number of carbonyl (C=O) groups excluding carboxylic acids is 2. The molecule has 0 aromatic heterocycles. The van der Waals surface area contributed by atoms with E-state index in [2.05, 4.69) is 26.6 Å². The minimum atomic E-state index is -1.28. The quantitative estimate of drug-likeness (QED) is 0.798. The van der Waals surface area contributed by atoms with Crippen LogP contribution in [0.4, 0.5) is 5.69 Å². The lowest BCUT2D eigenvalue weighted by Crippen LogP contribution is -2.34. The van der Waals surface area contributed by atoms with Crippen molar-refractivity contribution in [3.8, 4) is 0 Å². The lowest BCUT2D eigenvalue weighted by atomic mass is 10.2. The number of halogens is 1. The number of benzene rings is 2. The summed E-state index contributed by atoms with van der Waals surface area (Å²) in [4.78, 5) is 22.8. The Morgan fingerprint density at radius 1 is 1.05 bits per heavy atom. The van der Waals surface area contributed by atoms with Crippen molar-refractivity contribution in [1.82, 2.24) is 5.32 Å². The van der Waals surface area contributed by atoms with Gasteiger partial charge in [0.1, 0.15) is 0 Å². The number of carbonyl (C=O) groups is 2. The second-order valence-corrected chi connectivity index (χ2v) is 5.61. The molecule has 0 fully saturated rings. The first-order chi connectivity index (χ1) is 10.5. The predicted octanol–water partition coefficient (Wildman–Crippen LogP) is 1.94. The van der Waals surface area contributed by atoms with E-state index in [1.165, 1.54) is 12.1 Å². The number of carboxylic acids is 1. The summed E-state index contributed by atoms with van der Waals surface area (Å²) in [6.07, 6.45) is 0. The minimum absolute atomic E-state index is 0.0204. The standard InChI is InChI=1S/C15H11BrN2O3S/c16-11-6-4-9(5-7-11)13(19)18-15(22)17-12-3-1-2-10(8-12)14(20)21/h1-8H,(H,20,21)(H2,17,18,19,22)/p-1. The molecule has 0 saturated heterocycles. The highest BCUT2D eigenvalue weighted by atomic mass is 79.9. The molecule has 7 heteroatoms. The number of hydrogen-bond donors (Lipinski definition) is 2. The zero-order chi connectivity index (χ0) is 16.1. The van der Waals surface area contributed by atoms with Gasteiger partial charge in [-0.05, 0) is 54.2 Å². The first-order valence-electron chi connectivity index (χ1n) is 6.15. The Bertz CT molecular complexity index is 732. The van der Waals surface area contributed by atoms with Crippen LogP contribution in [0.1, 0.15) is 20.7 Å². The molecule has 0 spiro atoms. The van der Waals surface area contributed by atoms with Gasteiger partial charge < -0.3 is 15.2 Å². The van der Waals surface area contributed by atoms with Crippen LogP contribution >= 0.6 is 28.1 Å². The van der Waals surface area contributed by atoms with E-state index in [0.717, 1.165) is 4.47 Å². The monoisotopic (exact) mass is 377 g/mol. The van der Waals surface area contributed by atoms with Crippen molar-refractivity contribution in [3.05, 3.63) is 64.1 Å². The Morgan fingerprint density at radius 3 is 2.36 bits per heavy atom. The number of aromatic carboxylic acids is 1. The molecule has 0 radical (unpaired) electrons. The van der Waals surface area contributed by atoms with Crippen LogP contribution in [0, 0.1) is 0 Å². The summed E-state index contributed by atoms with van der Waals surface area (Å²) in [5.41, 5.74) is 0.922. The summed E-state index contributed by atoms with van der Waals surface area (Å²) < 4.78 is 0.865. The second-order valence-electron chi connectivity index (χ2n) is 4.28. The normalized spacial score (nSPS) is 9.86. The first-order valence-corrected chi connectivity index (χ1v) is 7.35. The summed E-state index contributed by atoms with van der Waals surface area (Å²) in [6, 6.07) is 12.7. The topological polar surface area (TPSA) is 81.3 Å². The maximum Gasteiger partial charge on any atom is 0.257 e. The Labute approximate surface area is 140 Å². The molecule has 2 rings (SSSR count). The highest BCUT2D eigenvalue weighted by Crippen LogP contribution is 2.11. The lowest BCUT2D eigenvalue weighted by Gasteiger charge is -2.11. The van der Waals surface area contributed by atoms with Crippen molar-refractivity contribution < 1.29 is 14.7 Å². The first kappa shape index (κ1) is 16.1. The maximum atomic E-state index is 12.0. The molecule has 1 amide bonds. The third-order valence-electron chi connectivity index (χ3n) is 2.69. The Hall–Kier alpha value is -2.25. The van der Waals surface area contributed by atoms with E-state index in [4.69, 9.17) is 12.2 Å². The molecule has 2 N–H and O–H groups in total. The average Bonchev–Trinajstić information content (AvgIpc) is 2.47. The number of nitrogens with one attached hydrogen (secondary N) is 2. The fourth-order valence-electron chi connectivity index (χ4n) is 1.66. The van der Waals surface area contributed by atoms with Crippen molar-refractivity contribution >= 4 is 50.8 Å². The fraction of sp³-hybridized carbons (Fsp3) is 0. The summed E-state index contributed by atoms with van der Waals surface area (Å²) in [5, 5.41) is 16.1. The van der Waals surface area contributed by atoms with Gasteiger partial charge in [0.2, 0.25) is 0 Å². The van der Waals surface area contributed by atoms with Crippen LogP contribution in [-0.2, 0) is 0 Å². The zero-order valence-corrected chi connectivity index (χ0v) is 13.5. The van der Waals surface area contributed by atoms with Gasteiger partial charge in [0.25, 0.3) is 5.91 Å². The van der Waals surface area contributed by atoms with Gasteiger partial charge >= 0.3 is 0 Å². The van der Waals surface area contributed by atoms with E-state index in [9.17, 15) is 14.7 Å². The van der Waals surface area contributed by atoms with Gasteiger partial charge in [-0.3, -0.25) is 10.1 Å². The smallest absolute Gasteiger partial charge is 0.257 e. The van der Waals surface area contributed by atoms with Gasteiger partial charge in [-0.1, -0.05) is 28.1 Å². The number of carboxylic acid groups (broad SMARTS) is 1. The molecule has 0 aliphatic carbocycles. The zero-order valence-electron chi connectivity index (χ0n) is 11.1. The summed E-state index contributed by atoms with van der Waals surface area (Å²) >= 11 is 8.32. The molecule has 0 atom stereocenters. The average molecular weight is 378 g/mol. The van der Waals surface area contributed by atoms with E-state index >= 15 is 0 Å². The number of hydrogen-bond acceptors (Lipinski definition) is 4. The highest BCUT2D eigenvalue weighted by Gasteiger charge is 2.08. The second kappa shape index (κ2) is 7.15. The molecule has 0 aliphatic heterocycles. The summed E-state index contributed by atoms with van der Waals surface area (Å²) in [6.45, 7) is 0. The molecule has 0 aliphatic rings. The molecule has 112 valence electrons. The van der Waals surface area contributed by atoms with Crippen LogP contribution < -0.4 is 15.7 Å². The molecule has 0 unspecified atom stereocenters. The van der Waals surface area contributed by atoms with Crippen molar-refractivity contribution in [2.75, 3.05) is 5.32 Å². The van der Waals surface area contributed by atoms with Crippen molar-refractivity contribution in [3.63, 3.8) is 0 Å². The van der Waals surface area contributed by atoms with E-state index in [-0.39, 0.29) is 16.6 Å². The van der Waals surface area contributed by atoms with Crippen LogP contribution in [0.5, 0.6) is 0 Å². The van der Waals surface area contributed by atoms with Crippen molar-refractivity contribution in [2.45, 2.75) is 0 Å². The van der Waals surface area contributed by atoms with Crippen molar-refractivity contribution in [2.24, 2.45) is 0 Å². The van der Waals surface area contributed by atoms with E-state index in [1.54, 1.807) is 36.4 Å².